The first-order valence-corrected chi connectivity index (χ1v) is 10.6. The van der Waals surface area contributed by atoms with Gasteiger partial charge in [0, 0.05) is 5.39 Å². The fourth-order valence-corrected chi connectivity index (χ4v) is 4.09. The fourth-order valence-electron chi connectivity index (χ4n) is 2.73. The summed E-state index contributed by atoms with van der Waals surface area (Å²) in [6.45, 7) is -0.408. The van der Waals surface area contributed by atoms with Gasteiger partial charge in [0.25, 0.3) is 0 Å². The van der Waals surface area contributed by atoms with E-state index in [4.69, 9.17) is 23.2 Å². The molecule has 8 heteroatoms. The summed E-state index contributed by atoms with van der Waals surface area (Å²) in [5, 5.41) is 4.73. The second-order valence-electron chi connectivity index (χ2n) is 5.91. The molecule has 3 aromatic rings. The highest BCUT2D eigenvalue weighted by molar-refractivity contribution is 7.92. The molecule has 0 heterocycles. The van der Waals surface area contributed by atoms with Crippen LogP contribution in [0.25, 0.3) is 10.8 Å². The smallest absolute Gasteiger partial charge is 0.245 e. The van der Waals surface area contributed by atoms with E-state index >= 15 is 0 Å². The lowest BCUT2D eigenvalue weighted by Crippen LogP contribution is -2.37. The SMILES string of the molecule is CS(=O)(=O)N(CC(=O)Nc1c(Cl)cccc1Cl)c1cccc2ccccc12. The van der Waals surface area contributed by atoms with E-state index in [1.165, 1.54) is 0 Å². The van der Waals surface area contributed by atoms with Gasteiger partial charge in [0.1, 0.15) is 6.54 Å². The molecule has 0 spiro atoms. The molecule has 0 bridgehead atoms. The van der Waals surface area contributed by atoms with Gasteiger partial charge in [-0.05, 0) is 23.6 Å². The van der Waals surface area contributed by atoms with Crippen LogP contribution in [0.3, 0.4) is 0 Å². The van der Waals surface area contributed by atoms with Crippen molar-refractivity contribution in [3.05, 3.63) is 70.7 Å². The Labute approximate surface area is 167 Å². The van der Waals surface area contributed by atoms with Crippen molar-refractivity contribution in [1.29, 1.82) is 0 Å². The molecule has 0 aromatic heterocycles. The molecule has 0 atom stereocenters. The van der Waals surface area contributed by atoms with Crippen molar-refractivity contribution in [2.24, 2.45) is 0 Å². The third-order valence-electron chi connectivity index (χ3n) is 3.95. The molecular weight excluding hydrogens is 407 g/mol. The van der Waals surface area contributed by atoms with Crippen LogP contribution in [0, 0.1) is 0 Å². The summed E-state index contributed by atoms with van der Waals surface area (Å²) >= 11 is 12.1. The van der Waals surface area contributed by atoms with Gasteiger partial charge in [0.2, 0.25) is 15.9 Å². The number of halogens is 2. The zero-order chi connectivity index (χ0) is 19.6. The van der Waals surface area contributed by atoms with Crippen LogP contribution in [0.2, 0.25) is 10.0 Å². The second-order valence-corrected chi connectivity index (χ2v) is 8.63. The first-order valence-electron chi connectivity index (χ1n) is 7.97. The summed E-state index contributed by atoms with van der Waals surface area (Å²) in [6.07, 6.45) is 1.06. The number of carbonyl (C=O) groups excluding carboxylic acids is 1. The monoisotopic (exact) mass is 422 g/mol. The summed E-state index contributed by atoms with van der Waals surface area (Å²) in [6, 6.07) is 17.5. The lowest BCUT2D eigenvalue weighted by molar-refractivity contribution is -0.114. The molecule has 27 heavy (non-hydrogen) atoms. The molecule has 0 fully saturated rings. The lowest BCUT2D eigenvalue weighted by atomic mass is 10.1. The molecule has 0 saturated heterocycles. The summed E-state index contributed by atoms with van der Waals surface area (Å²) < 4.78 is 25.8. The van der Waals surface area contributed by atoms with Gasteiger partial charge in [-0.2, -0.15) is 0 Å². The molecule has 0 aliphatic rings. The Kier molecular flexibility index (Phi) is 5.60. The average molecular weight is 423 g/mol. The van der Waals surface area contributed by atoms with E-state index in [1.807, 2.05) is 30.3 Å². The molecule has 0 unspecified atom stereocenters. The first kappa shape index (κ1) is 19.5. The highest BCUT2D eigenvalue weighted by atomic mass is 35.5. The number of hydrogen-bond acceptors (Lipinski definition) is 3. The Bertz CT molecular complexity index is 1090. The summed E-state index contributed by atoms with van der Waals surface area (Å²) in [5.41, 5.74) is 0.674. The number of nitrogens with zero attached hydrogens (tertiary/aromatic N) is 1. The van der Waals surface area contributed by atoms with E-state index in [-0.39, 0.29) is 15.7 Å². The largest absolute Gasteiger partial charge is 0.322 e. The maximum absolute atomic E-state index is 12.5. The topological polar surface area (TPSA) is 66.5 Å². The van der Waals surface area contributed by atoms with Gasteiger partial charge in [-0.3, -0.25) is 9.10 Å². The molecular formula is C19H16Cl2N2O3S. The summed E-state index contributed by atoms with van der Waals surface area (Å²) in [7, 11) is -3.71. The van der Waals surface area contributed by atoms with Crippen LogP contribution in [0.1, 0.15) is 0 Å². The Morgan fingerprint density at radius 1 is 0.963 bits per heavy atom. The van der Waals surface area contributed by atoms with E-state index < -0.39 is 22.5 Å². The summed E-state index contributed by atoms with van der Waals surface area (Å²) in [4.78, 5) is 12.5. The zero-order valence-electron chi connectivity index (χ0n) is 14.3. The number of sulfonamides is 1. The number of rotatable bonds is 5. The maximum Gasteiger partial charge on any atom is 0.245 e. The Morgan fingerprint density at radius 3 is 2.22 bits per heavy atom. The molecule has 5 nitrogen and oxygen atoms in total. The fraction of sp³-hybridized carbons (Fsp3) is 0.105. The number of benzene rings is 3. The number of carbonyl (C=O) groups is 1. The van der Waals surface area contributed by atoms with Gasteiger partial charge in [-0.15, -0.1) is 0 Å². The van der Waals surface area contributed by atoms with E-state index in [9.17, 15) is 13.2 Å². The second kappa shape index (κ2) is 7.76. The minimum atomic E-state index is -3.71. The van der Waals surface area contributed by atoms with Crippen molar-refractivity contribution >= 4 is 61.3 Å². The standard InChI is InChI=1S/C19H16Cl2N2O3S/c1-27(25,26)23(17-11-4-7-13-6-2-3-8-14(13)17)12-18(24)22-19-15(20)9-5-10-16(19)21/h2-11H,12H2,1H3,(H,22,24). The normalized spacial score (nSPS) is 11.4. The molecule has 0 aliphatic carbocycles. The van der Waals surface area contributed by atoms with Gasteiger partial charge in [0.05, 0.1) is 27.7 Å². The van der Waals surface area contributed by atoms with Crippen LogP contribution in [0.4, 0.5) is 11.4 Å². The number of anilines is 2. The van der Waals surface area contributed by atoms with Crippen molar-refractivity contribution in [1.82, 2.24) is 0 Å². The molecule has 0 radical (unpaired) electrons. The molecule has 1 N–H and O–H groups in total. The highest BCUT2D eigenvalue weighted by Gasteiger charge is 2.23. The Balaban J connectivity index is 1.96. The number of amides is 1. The molecule has 0 saturated carbocycles. The third kappa shape index (κ3) is 4.35. The van der Waals surface area contributed by atoms with Crippen molar-refractivity contribution in [3.8, 4) is 0 Å². The molecule has 3 rings (SSSR count). The quantitative estimate of drug-likeness (QED) is 0.655. The first-order chi connectivity index (χ1) is 12.8. The summed E-state index contributed by atoms with van der Waals surface area (Å²) in [5.74, 6) is -0.552. The van der Waals surface area contributed by atoms with Crippen molar-refractivity contribution < 1.29 is 13.2 Å². The Morgan fingerprint density at radius 2 is 1.56 bits per heavy atom. The van der Waals surface area contributed by atoms with Gasteiger partial charge in [-0.1, -0.05) is 65.7 Å². The Hall–Kier alpha value is -2.28. The minimum Gasteiger partial charge on any atom is -0.322 e. The van der Waals surface area contributed by atoms with Crippen molar-refractivity contribution in [3.63, 3.8) is 0 Å². The molecule has 1 amide bonds. The number of fused-ring (bicyclic) bond motifs is 1. The van der Waals surface area contributed by atoms with E-state index in [0.717, 1.165) is 21.3 Å². The minimum absolute atomic E-state index is 0.247. The molecule has 140 valence electrons. The maximum atomic E-state index is 12.5. The zero-order valence-corrected chi connectivity index (χ0v) is 16.6. The van der Waals surface area contributed by atoms with E-state index in [2.05, 4.69) is 5.32 Å². The van der Waals surface area contributed by atoms with Crippen molar-refractivity contribution in [2.75, 3.05) is 22.4 Å². The molecule has 3 aromatic carbocycles. The van der Waals surface area contributed by atoms with Crippen LogP contribution >= 0.6 is 23.2 Å². The van der Waals surface area contributed by atoms with Gasteiger partial charge >= 0.3 is 0 Å². The average Bonchev–Trinajstić information content (AvgIpc) is 2.62. The predicted octanol–water partition coefficient (Wildman–Crippen LogP) is 4.55. The van der Waals surface area contributed by atoms with E-state index in [1.54, 1.807) is 30.3 Å². The van der Waals surface area contributed by atoms with Crippen LogP contribution in [0.5, 0.6) is 0 Å². The molecule has 0 aliphatic heterocycles. The number of hydrogen-bond donors (Lipinski definition) is 1. The predicted molar refractivity (Wildman–Crippen MR) is 111 cm³/mol. The number of para-hydroxylation sites is 1. The highest BCUT2D eigenvalue weighted by Crippen LogP contribution is 2.31. The van der Waals surface area contributed by atoms with Crippen molar-refractivity contribution in [2.45, 2.75) is 0 Å². The number of nitrogens with one attached hydrogen (secondary N) is 1. The lowest BCUT2D eigenvalue weighted by Gasteiger charge is -2.23. The van der Waals surface area contributed by atoms with Crippen LogP contribution in [-0.4, -0.2) is 27.1 Å². The van der Waals surface area contributed by atoms with Gasteiger partial charge in [0.15, 0.2) is 0 Å². The van der Waals surface area contributed by atoms with E-state index in [0.29, 0.717) is 5.69 Å². The third-order valence-corrected chi connectivity index (χ3v) is 5.71. The van der Waals surface area contributed by atoms with Crippen LogP contribution in [0.15, 0.2) is 60.7 Å². The van der Waals surface area contributed by atoms with Crippen LogP contribution < -0.4 is 9.62 Å². The van der Waals surface area contributed by atoms with Gasteiger partial charge in [-0.25, -0.2) is 8.42 Å². The van der Waals surface area contributed by atoms with Crippen LogP contribution in [-0.2, 0) is 14.8 Å². The van der Waals surface area contributed by atoms with Gasteiger partial charge < -0.3 is 5.32 Å².